The number of rotatable bonds is 7. The van der Waals surface area contributed by atoms with Gasteiger partial charge >= 0.3 is 5.97 Å². The molecule has 2 aromatic rings. The van der Waals surface area contributed by atoms with E-state index in [0.717, 1.165) is 4.31 Å². The third kappa shape index (κ3) is 4.60. The van der Waals surface area contributed by atoms with Gasteiger partial charge in [0.2, 0.25) is 22.7 Å². The molecule has 0 radical (unpaired) electrons. The number of methoxy groups -OCH3 is 1. The van der Waals surface area contributed by atoms with Gasteiger partial charge in [-0.2, -0.15) is 0 Å². The van der Waals surface area contributed by atoms with Crippen LogP contribution in [-0.4, -0.2) is 46.5 Å². The average molecular weight is 455 g/mol. The van der Waals surface area contributed by atoms with Crippen LogP contribution in [0.5, 0.6) is 11.5 Å². The zero-order valence-corrected chi connectivity index (χ0v) is 17.7. The minimum absolute atomic E-state index is 0.0406. The lowest BCUT2D eigenvalue weighted by Crippen LogP contribution is -2.39. The summed E-state index contributed by atoms with van der Waals surface area (Å²) in [4.78, 5) is 24.4. The third-order valence-corrected chi connectivity index (χ3v) is 6.36. The topological polar surface area (TPSA) is 111 Å². The summed E-state index contributed by atoms with van der Waals surface area (Å²) in [5.74, 6) is -0.588. The van der Waals surface area contributed by atoms with Gasteiger partial charge in [0.25, 0.3) is 0 Å². The molecular formula is C19H19ClN2O7S. The lowest BCUT2D eigenvalue weighted by molar-refractivity contribution is -0.114. The van der Waals surface area contributed by atoms with Crippen LogP contribution < -0.4 is 19.1 Å². The fourth-order valence-corrected chi connectivity index (χ4v) is 4.00. The van der Waals surface area contributed by atoms with Crippen LogP contribution in [0, 0.1) is 0 Å². The Hall–Kier alpha value is -2.98. The first-order chi connectivity index (χ1) is 14.2. The van der Waals surface area contributed by atoms with Crippen molar-refractivity contribution in [1.29, 1.82) is 0 Å². The SMILES string of the molecule is CCS(=O)(=O)N(CC(=O)Nc1ccc(Cl)c(C(=O)OC)c1)c1ccc2c(c1)OCO2. The minimum atomic E-state index is -3.77. The maximum atomic E-state index is 12.6. The standard InChI is InChI=1S/C19H19ClN2O7S/c1-3-30(25,26)22(13-5-7-16-17(9-13)29-11-28-16)10-18(23)21-12-4-6-15(20)14(8-12)19(24)27-2/h4-9H,3,10-11H2,1-2H3,(H,21,23). The van der Waals surface area contributed by atoms with Crippen molar-refractivity contribution < 1.29 is 32.2 Å². The molecule has 3 rings (SSSR count). The van der Waals surface area contributed by atoms with Gasteiger partial charge < -0.3 is 19.5 Å². The highest BCUT2D eigenvalue weighted by Gasteiger charge is 2.26. The molecule has 1 N–H and O–H groups in total. The second kappa shape index (κ2) is 8.80. The van der Waals surface area contributed by atoms with Gasteiger partial charge in [0, 0.05) is 11.8 Å². The first-order valence-corrected chi connectivity index (χ1v) is 10.8. The monoisotopic (exact) mass is 454 g/mol. The lowest BCUT2D eigenvalue weighted by Gasteiger charge is -2.23. The number of nitrogens with one attached hydrogen (secondary N) is 1. The zero-order chi connectivity index (χ0) is 21.9. The summed E-state index contributed by atoms with van der Waals surface area (Å²) < 4.78 is 41.4. The number of hydrogen-bond donors (Lipinski definition) is 1. The minimum Gasteiger partial charge on any atom is -0.465 e. The molecule has 30 heavy (non-hydrogen) atoms. The van der Waals surface area contributed by atoms with Crippen molar-refractivity contribution in [2.75, 3.05) is 35.8 Å². The molecule has 0 atom stereocenters. The largest absolute Gasteiger partial charge is 0.465 e. The summed E-state index contributed by atoms with van der Waals surface area (Å²) in [5.41, 5.74) is 0.609. The summed E-state index contributed by atoms with van der Waals surface area (Å²) in [6.45, 7) is 1.04. The van der Waals surface area contributed by atoms with E-state index in [1.807, 2.05) is 0 Å². The Balaban J connectivity index is 1.83. The highest BCUT2D eigenvalue weighted by Crippen LogP contribution is 2.36. The number of sulfonamides is 1. The molecule has 0 fully saturated rings. The number of fused-ring (bicyclic) bond motifs is 1. The van der Waals surface area contributed by atoms with Gasteiger partial charge in [0.15, 0.2) is 11.5 Å². The molecule has 2 aromatic carbocycles. The molecule has 0 spiro atoms. The Morgan fingerprint density at radius 3 is 2.60 bits per heavy atom. The molecule has 0 saturated carbocycles. The van der Waals surface area contributed by atoms with Gasteiger partial charge in [-0.05, 0) is 37.3 Å². The third-order valence-electron chi connectivity index (χ3n) is 4.29. The molecule has 1 aliphatic heterocycles. The Bertz CT molecular complexity index is 1090. The van der Waals surface area contributed by atoms with E-state index in [9.17, 15) is 18.0 Å². The van der Waals surface area contributed by atoms with Gasteiger partial charge in [-0.15, -0.1) is 0 Å². The molecule has 0 saturated heterocycles. The number of amides is 1. The van der Waals surface area contributed by atoms with E-state index in [4.69, 9.17) is 21.1 Å². The van der Waals surface area contributed by atoms with Crippen LogP contribution in [0.4, 0.5) is 11.4 Å². The lowest BCUT2D eigenvalue weighted by atomic mass is 10.2. The van der Waals surface area contributed by atoms with Crippen molar-refractivity contribution in [3.63, 3.8) is 0 Å². The zero-order valence-electron chi connectivity index (χ0n) is 16.2. The van der Waals surface area contributed by atoms with Crippen molar-refractivity contribution >= 4 is 44.9 Å². The number of esters is 1. The molecule has 1 heterocycles. The predicted molar refractivity (Wildman–Crippen MR) is 111 cm³/mol. The van der Waals surface area contributed by atoms with Gasteiger partial charge in [-0.25, -0.2) is 13.2 Å². The van der Waals surface area contributed by atoms with Crippen LogP contribution in [0.1, 0.15) is 17.3 Å². The van der Waals surface area contributed by atoms with Crippen LogP contribution in [0.25, 0.3) is 0 Å². The van der Waals surface area contributed by atoms with Crippen molar-refractivity contribution in [1.82, 2.24) is 0 Å². The van der Waals surface area contributed by atoms with Crippen molar-refractivity contribution in [3.8, 4) is 11.5 Å². The van der Waals surface area contributed by atoms with Crippen LogP contribution in [0.15, 0.2) is 36.4 Å². The van der Waals surface area contributed by atoms with Gasteiger partial charge in [-0.3, -0.25) is 9.10 Å². The summed E-state index contributed by atoms with van der Waals surface area (Å²) >= 11 is 5.97. The van der Waals surface area contributed by atoms with Crippen molar-refractivity contribution in [3.05, 3.63) is 47.0 Å². The maximum absolute atomic E-state index is 12.6. The van der Waals surface area contributed by atoms with Crippen LogP contribution in [-0.2, 0) is 19.6 Å². The fraction of sp³-hybridized carbons (Fsp3) is 0.263. The van der Waals surface area contributed by atoms with Gasteiger partial charge in [0.05, 0.1) is 29.1 Å². The van der Waals surface area contributed by atoms with E-state index in [1.54, 1.807) is 6.07 Å². The number of ether oxygens (including phenoxy) is 3. The van der Waals surface area contributed by atoms with Crippen LogP contribution >= 0.6 is 11.6 Å². The Morgan fingerprint density at radius 1 is 1.17 bits per heavy atom. The molecule has 1 amide bonds. The smallest absolute Gasteiger partial charge is 0.339 e. The summed E-state index contributed by atoms with van der Waals surface area (Å²) in [5, 5.41) is 2.73. The number of hydrogen-bond acceptors (Lipinski definition) is 7. The van der Waals surface area contributed by atoms with Crippen molar-refractivity contribution in [2.24, 2.45) is 0 Å². The number of carbonyl (C=O) groups is 2. The van der Waals surface area contributed by atoms with E-state index in [-0.39, 0.29) is 34.5 Å². The molecule has 0 aliphatic carbocycles. The normalized spacial score (nSPS) is 12.4. The summed E-state index contributed by atoms with van der Waals surface area (Å²) in [7, 11) is -2.56. The Labute approximate surface area is 178 Å². The van der Waals surface area contributed by atoms with Gasteiger partial charge in [0.1, 0.15) is 6.54 Å². The predicted octanol–water partition coefficient (Wildman–Crippen LogP) is 2.65. The highest BCUT2D eigenvalue weighted by molar-refractivity contribution is 7.92. The number of halogens is 1. The van der Waals surface area contributed by atoms with Crippen LogP contribution in [0.3, 0.4) is 0 Å². The van der Waals surface area contributed by atoms with E-state index < -0.39 is 28.4 Å². The molecule has 160 valence electrons. The molecule has 11 heteroatoms. The molecule has 9 nitrogen and oxygen atoms in total. The van der Waals surface area contributed by atoms with Gasteiger partial charge in [-0.1, -0.05) is 11.6 Å². The Morgan fingerprint density at radius 2 is 1.90 bits per heavy atom. The second-order valence-corrected chi connectivity index (χ2v) is 8.77. The number of carbonyl (C=O) groups excluding carboxylic acids is 2. The number of benzene rings is 2. The van der Waals surface area contributed by atoms with E-state index in [1.165, 1.54) is 44.4 Å². The average Bonchev–Trinajstić information content (AvgIpc) is 3.20. The number of nitrogens with zero attached hydrogens (tertiary/aromatic N) is 1. The quantitative estimate of drug-likeness (QED) is 0.640. The van der Waals surface area contributed by atoms with E-state index >= 15 is 0 Å². The second-order valence-electron chi connectivity index (χ2n) is 6.18. The van der Waals surface area contributed by atoms with E-state index in [2.05, 4.69) is 10.1 Å². The summed E-state index contributed by atoms with van der Waals surface area (Å²) in [6.07, 6.45) is 0. The maximum Gasteiger partial charge on any atom is 0.339 e. The molecule has 0 unspecified atom stereocenters. The first-order valence-electron chi connectivity index (χ1n) is 8.83. The molecule has 0 bridgehead atoms. The molecular weight excluding hydrogens is 436 g/mol. The van der Waals surface area contributed by atoms with E-state index in [0.29, 0.717) is 11.5 Å². The summed E-state index contributed by atoms with van der Waals surface area (Å²) in [6, 6.07) is 8.89. The molecule has 0 aromatic heterocycles. The molecule has 1 aliphatic rings. The highest BCUT2D eigenvalue weighted by atomic mass is 35.5. The van der Waals surface area contributed by atoms with Crippen LogP contribution in [0.2, 0.25) is 5.02 Å². The van der Waals surface area contributed by atoms with Crippen molar-refractivity contribution in [2.45, 2.75) is 6.92 Å². The number of anilines is 2. The first kappa shape index (κ1) is 21.7. The Kier molecular flexibility index (Phi) is 6.37. The fourth-order valence-electron chi connectivity index (χ4n) is 2.75.